The van der Waals surface area contributed by atoms with Gasteiger partial charge in [-0.3, -0.25) is 9.20 Å². The molecule has 1 aromatic carbocycles. The van der Waals surface area contributed by atoms with Crippen molar-refractivity contribution in [2.45, 2.75) is 58.2 Å². The normalized spacial score (nSPS) is 25.6. The van der Waals surface area contributed by atoms with Gasteiger partial charge in [0.1, 0.15) is 17.3 Å². The number of halogens is 2. The third kappa shape index (κ3) is 4.06. The number of rotatable bonds is 3. The largest absolute Gasteiger partial charge is 0.381 e. The first-order chi connectivity index (χ1) is 15.8. The van der Waals surface area contributed by atoms with Gasteiger partial charge in [0.15, 0.2) is 5.65 Å². The average molecular weight is 456 g/mol. The lowest BCUT2D eigenvalue weighted by Crippen LogP contribution is -2.36. The molecule has 0 saturated carbocycles. The van der Waals surface area contributed by atoms with Crippen LogP contribution in [0.5, 0.6) is 0 Å². The molecule has 174 valence electrons. The van der Waals surface area contributed by atoms with Crippen LogP contribution in [0.4, 0.5) is 8.78 Å². The van der Waals surface area contributed by atoms with Crippen LogP contribution in [0, 0.1) is 31.4 Å². The highest BCUT2D eigenvalue weighted by atomic mass is 19.1. The minimum atomic E-state index is -0.740. The van der Waals surface area contributed by atoms with E-state index in [9.17, 15) is 13.6 Å². The summed E-state index contributed by atoms with van der Waals surface area (Å²) in [4.78, 5) is 22.5. The van der Waals surface area contributed by atoms with E-state index in [2.05, 4.69) is 4.98 Å². The monoisotopic (exact) mass is 455 g/mol. The molecule has 0 N–H and O–H groups in total. The predicted octanol–water partition coefficient (Wildman–Crippen LogP) is 4.34. The highest BCUT2D eigenvalue weighted by Crippen LogP contribution is 2.38. The Bertz CT molecular complexity index is 1270. The van der Waals surface area contributed by atoms with Crippen LogP contribution in [-0.4, -0.2) is 39.8 Å². The van der Waals surface area contributed by atoms with Crippen molar-refractivity contribution in [1.29, 1.82) is 0 Å². The molecule has 3 aromatic rings. The maximum Gasteiger partial charge on any atom is 0.261 e. The topological polar surface area (TPSA) is 65.7 Å². The van der Waals surface area contributed by atoms with Crippen LogP contribution >= 0.6 is 0 Å². The van der Waals surface area contributed by atoms with Crippen LogP contribution in [0.15, 0.2) is 29.2 Å². The van der Waals surface area contributed by atoms with Crippen molar-refractivity contribution in [3.05, 3.63) is 63.3 Å². The molecule has 0 radical (unpaired) electrons. The Morgan fingerprint density at radius 2 is 1.97 bits per heavy atom. The Kier molecular flexibility index (Phi) is 5.74. The van der Waals surface area contributed by atoms with Crippen molar-refractivity contribution >= 4 is 5.65 Å². The van der Waals surface area contributed by atoms with E-state index in [0.29, 0.717) is 29.5 Å². The summed E-state index contributed by atoms with van der Waals surface area (Å²) in [6.45, 7) is 6.93. The lowest BCUT2D eigenvalue weighted by Gasteiger charge is -2.36. The number of nitrogens with zero attached hydrogens (tertiary/aromatic N) is 3. The fourth-order valence-corrected chi connectivity index (χ4v) is 4.99. The van der Waals surface area contributed by atoms with Crippen molar-refractivity contribution < 1.29 is 18.3 Å². The molecule has 0 aliphatic carbocycles. The van der Waals surface area contributed by atoms with Gasteiger partial charge < -0.3 is 9.47 Å². The van der Waals surface area contributed by atoms with E-state index in [0.717, 1.165) is 31.9 Å². The van der Waals surface area contributed by atoms with E-state index in [-0.39, 0.29) is 40.6 Å². The van der Waals surface area contributed by atoms with Gasteiger partial charge in [-0.2, -0.15) is 0 Å². The molecule has 2 saturated heterocycles. The van der Waals surface area contributed by atoms with Crippen LogP contribution in [0.3, 0.4) is 0 Å². The molecular weight excluding hydrogens is 428 g/mol. The Morgan fingerprint density at radius 1 is 1.15 bits per heavy atom. The summed E-state index contributed by atoms with van der Waals surface area (Å²) >= 11 is 0. The molecule has 0 bridgehead atoms. The summed E-state index contributed by atoms with van der Waals surface area (Å²) in [5.74, 6) is -1.05. The minimum absolute atomic E-state index is 0.0208. The Labute approximate surface area is 190 Å². The molecule has 2 aliphatic rings. The van der Waals surface area contributed by atoms with Crippen LogP contribution in [-0.2, 0) is 9.47 Å². The second-order valence-electron chi connectivity index (χ2n) is 9.24. The summed E-state index contributed by atoms with van der Waals surface area (Å²) in [7, 11) is 0. The zero-order chi connectivity index (χ0) is 23.3. The fraction of sp³-hybridized carbons (Fsp3) is 0.480. The molecule has 2 fully saturated rings. The quantitative estimate of drug-likeness (QED) is 0.588. The number of benzene rings is 1. The summed E-state index contributed by atoms with van der Waals surface area (Å²) in [6, 6.07) is 3.37. The van der Waals surface area contributed by atoms with Gasteiger partial charge >= 0.3 is 0 Å². The number of hydrogen-bond donors (Lipinski definition) is 0. The third-order valence-corrected chi connectivity index (χ3v) is 6.93. The molecule has 33 heavy (non-hydrogen) atoms. The van der Waals surface area contributed by atoms with Crippen LogP contribution < -0.4 is 5.56 Å². The highest BCUT2D eigenvalue weighted by Gasteiger charge is 2.36. The van der Waals surface area contributed by atoms with Crippen molar-refractivity contribution in [3.8, 4) is 11.3 Å². The van der Waals surface area contributed by atoms with Gasteiger partial charge in [0.05, 0.1) is 24.5 Å². The van der Waals surface area contributed by atoms with E-state index in [1.807, 2.05) is 6.92 Å². The SMILES string of the molecule is Cc1nc2c(-c3ccc(F)cc3F)nc([C@H]3C[C@@H](C)O[C@@H](C4CCOC4)C3)cn2c(=O)c1C. The smallest absolute Gasteiger partial charge is 0.261 e. The van der Waals surface area contributed by atoms with Gasteiger partial charge in [-0.1, -0.05) is 0 Å². The third-order valence-electron chi connectivity index (χ3n) is 6.93. The lowest BCUT2D eigenvalue weighted by atomic mass is 9.84. The summed E-state index contributed by atoms with van der Waals surface area (Å²) in [5.41, 5.74) is 2.17. The zero-order valence-corrected chi connectivity index (χ0v) is 19.0. The van der Waals surface area contributed by atoms with E-state index in [1.165, 1.54) is 16.5 Å². The Balaban J connectivity index is 1.67. The molecule has 6 nitrogen and oxygen atoms in total. The second-order valence-corrected chi connectivity index (χ2v) is 9.24. The molecule has 2 aliphatic heterocycles. The lowest BCUT2D eigenvalue weighted by molar-refractivity contribution is -0.0772. The van der Waals surface area contributed by atoms with Crippen LogP contribution in [0.1, 0.15) is 49.1 Å². The Morgan fingerprint density at radius 3 is 2.70 bits per heavy atom. The molecule has 0 amide bonds. The first-order valence-electron chi connectivity index (χ1n) is 11.4. The number of aryl methyl sites for hydroxylation is 1. The first-order valence-corrected chi connectivity index (χ1v) is 11.4. The van der Waals surface area contributed by atoms with E-state index >= 15 is 0 Å². The van der Waals surface area contributed by atoms with Gasteiger partial charge in [0, 0.05) is 47.5 Å². The van der Waals surface area contributed by atoms with Gasteiger partial charge in [-0.05, 0) is 52.2 Å². The number of hydrogen-bond acceptors (Lipinski definition) is 5. The van der Waals surface area contributed by atoms with Crippen molar-refractivity contribution in [2.24, 2.45) is 5.92 Å². The van der Waals surface area contributed by atoms with Crippen molar-refractivity contribution in [1.82, 2.24) is 14.4 Å². The molecule has 4 heterocycles. The standard InChI is InChI=1S/C25H27F2N3O3/c1-13-8-17(9-22(33-13)16-6-7-32-12-16)21-11-30-24(28-15(3)14(2)25(30)31)23(29-21)19-5-4-18(26)10-20(19)27/h4-5,10-11,13,16-17,22H,6-9,12H2,1-3H3/t13-,16?,17+,22-/m1/s1. The summed E-state index contributed by atoms with van der Waals surface area (Å²) < 4.78 is 41.7. The zero-order valence-electron chi connectivity index (χ0n) is 19.0. The Hall–Kier alpha value is -2.71. The van der Waals surface area contributed by atoms with Gasteiger partial charge in [0.25, 0.3) is 5.56 Å². The maximum absolute atomic E-state index is 14.8. The first kappa shape index (κ1) is 22.1. The molecular formula is C25H27F2N3O3. The number of aromatic nitrogens is 3. The van der Waals surface area contributed by atoms with Crippen molar-refractivity contribution in [2.75, 3.05) is 13.2 Å². The number of fused-ring (bicyclic) bond motifs is 1. The molecule has 5 rings (SSSR count). The predicted molar refractivity (Wildman–Crippen MR) is 119 cm³/mol. The maximum atomic E-state index is 14.8. The molecule has 4 atom stereocenters. The van der Waals surface area contributed by atoms with E-state index in [1.54, 1.807) is 20.0 Å². The highest BCUT2D eigenvalue weighted by molar-refractivity contribution is 5.74. The average Bonchev–Trinajstić information content (AvgIpc) is 3.32. The molecule has 2 aromatic heterocycles. The molecule has 8 heteroatoms. The summed E-state index contributed by atoms with van der Waals surface area (Å²) in [5, 5.41) is 0. The van der Waals surface area contributed by atoms with Crippen LogP contribution in [0.25, 0.3) is 16.9 Å². The van der Waals surface area contributed by atoms with E-state index in [4.69, 9.17) is 14.5 Å². The van der Waals surface area contributed by atoms with Crippen LogP contribution in [0.2, 0.25) is 0 Å². The molecule has 1 unspecified atom stereocenters. The number of ether oxygens (including phenoxy) is 2. The summed E-state index contributed by atoms with van der Waals surface area (Å²) in [6.07, 6.45) is 4.23. The fourth-order valence-electron chi connectivity index (χ4n) is 4.99. The molecule has 0 spiro atoms. The van der Waals surface area contributed by atoms with Gasteiger partial charge in [-0.25, -0.2) is 18.7 Å². The van der Waals surface area contributed by atoms with E-state index < -0.39 is 11.6 Å². The van der Waals surface area contributed by atoms with Gasteiger partial charge in [0.2, 0.25) is 0 Å². The van der Waals surface area contributed by atoms with Gasteiger partial charge in [-0.15, -0.1) is 0 Å². The van der Waals surface area contributed by atoms with Crippen molar-refractivity contribution in [3.63, 3.8) is 0 Å². The minimum Gasteiger partial charge on any atom is -0.381 e. The second kappa shape index (κ2) is 8.57.